The average Bonchev–Trinajstić information content (AvgIpc) is 2.73. The summed E-state index contributed by atoms with van der Waals surface area (Å²) in [4.78, 5) is 27.1. The summed E-state index contributed by atoms with van der Waals surface area (Å²) in [6, 6.07) is 14.4. The number of ketones is 1. The van der Waals surface area contributed by atoms with Gasteiger partial charge in [0.25, 0.3) is 0 Å². The van der Waals surface area contributed by atoms with Gasteiger partial charge in [0.05, 0.1) is 6.04 Å². The van der Waals surface area contributed by atoms with E-state index in [1.54, 1.807) is 32.9 Å². The number of hydrogen-bond acceptors (Lipinski definition) is 4. The Labute approximate surface area is 195 Å². The lowest BCUT2D eigenvalue weighted by Crippen LogP contribution is -2.40. The molecule has 0 bridgehead atoms. The van der Waals surface area contributed by atoms with E-state index in [4.69, 9.17) is 10.5 Å². The van der Waals surface area contributed by atoms with E-state index in [0.717, 1.165) is 5.56 Å². The quantitative estimate of drug-likeness (QED) is 0.378. The summed E-state index contributed by atoms with van der Waals surface area (Å²) >= 11 is 0. The number of nitrogens with two attached hydrogens (primary N) is 1. The summed E-state index contributed by atoms with van der Waals surface area (Å²) < 4.78 is 18.8. The van der Waals surface area contributed by atoms with E-state index in [2.05, 4.69) is 6.58 Å². The van der Waals surface area contributed by atoms with Gasteiger partial charge in [-0.15, -0.1) is 0 Å². The minimum atomic E-state index is -0.718. The lowest BCUT2D eigenvalue weighted by Gasteiger charge is -2.32. The topological polar surface area (TPSA) is 72.6 Å². The van der Waals surface area contributed by atoms with Crippen molar-refractivity contribution in [1.82, 2.24) is 4.90 Å². The van der Waals surface area contributed by atoms with Gasteiger partial charge in [-0.2, -0.15) is 0 Å². The van der Waals surface area contributed by atoms with Crippen molar-refractivity contribution in [3.05, 3.63) is 108 Å². The van der Waals surface area contributed by atoms with Crippen molar-refractivity contribution in [1.29, 1.82) is 0 Å². The minimum Gasteiger partial charge on any atom is -0.443 e. The molecular formula is C27H31FN2O3. The monoisotopic (exact) mass is 450 g/mol. The summed E-state index contributed by atoms with van der Waals surface area (Å²) in [5, 5.41) is 0. The highest BCUT2D eigenvalue weighted by Gasteiger charge is 2.29. The van der Waals surface area contributed by atoms with Gasteiger partial charge >= 0.3 is 6.09 Å². The number of carbonyl (C=O) groups excluding carboxylic acids is 2. The summed E-state index contributed by atoms with van der Waals surface area (Å²) in [5.41, 5.74) is 7.47. The highest BCUT2D eigenvalue weighted by atomic mass is 19.1. The Bertz CT molecular complexity index is 1040. The summed E-state index contributed by atoms with van der Waals surface area (Å²) in [6.45, 7) is 10.9. The van der Waals surface area contributed by atoms with Gasteiger partial charge in [-0.1, -0.05) is 49.1 Å². The summed E-state index contributed by atoms with van der Waals surface area (Å²) in [7, 11) is 0. The zero-order valence-electron chi connectivity index (χ0n) is 19.5. The van der Waals surface area contributed by atoms with E-state index < -0.39 is 23.6 Å². The van der Waals surface area contributed by atoms with Crippen LogP contribution in [0.2, 0.25) is 0 Å². The lowest BCUT2D eigenvalue weighted by atomic mass is 10.0. The third-order valence-corrected chi connectivity index (χ3v) is 4.73. The number of benzene rings is 2. The number of hydrogen-bond donors (Lipinski definition) is 1. The van der Waals surface area contributed by atoms with Crippen LogP contribution in [0.4, 0.5) is 9.18 Å². The molecule has 1 amide bonds. The Hall–Kier alpha value is -3.67. The molecule has 6 heteroatoms. The van der Waals surface area contributed by atoms with Crippen molar-refractivity contribution >= 4 is 11.9 Å². The number of allylic oxidation sites excluding steroid dienone is 4. The molecule has 1 atom stereocenters. The first-order valence-corrected chi connectivity index (χ1v) is 10.7. The van der Waals surface area contributed by atoms with Gasteiger partial charge in [0.15, 0.2) is 5.78 Å². The molecule has 0 fully saturated rings. The Morgan fingerprint density at radius 3 is 2.27 bits per heavy atom. The number of carbonyl (C=O) groups is 2. The third kappa shape index (κ3) is 7.75. The smallest absolute Gasteiger partial charge is 0.416 e. The molecule has 0 saturated heterocycles. The molecule has 2 rings (SSSR count). The second kappa shape index (κ2) is 11.3. The number of ether oxygens (including phenoxy) is 1. The van der Waals surface area contributed by atoms with Gasteiger partial charge in [-0.3, -0.25) is 9.69 Å². The lowest BCUT2D eigenvalue weighted by molar-refractivity contribution is 0.0249. The molecule has 0 aliphatic heterocycles. The highest BCUT2D eigenvalue weighted by Crippen LogP contribution is 2.26. The Morgan fingerprint density at radius 1 is 1.12 bits per heavy atom. The predicted octanol–water partition coefficient (Wildman–Crippen LogP) is 6.31. The summed E-state index contributed by atoms with van der Waals surface area (Å²) in [5.74, 6) is -0.506. The van der Waals surface area contributed by atoms with Crippen LogP contribution < -0.4 is 5.73 Å². The molecule has 0 heterocycles. The predicted molar refractivity (Wildman–Crippen MR) is 129 cm³/mol. The normalized spacial score (nSPS) is 13.2. The number of nitrogens with zero attached hydrogens (tertiary/aromatic N) is 1. The molecule has 0 aliphatic rings. The fourth-order valence-electron chi connectivity index (χ4n) is 3.17. The fraction of sp³-hybridized carbons (Fsp3) is 0.259. The van der Waals surface area contributed by atoms with Gasteiger partial charge < -0.3 is 10.5 Å². The van der Waals surface area contributed by atoms with E-state index in [0.29, 0.717) is 11.1 Å². The van der Waals surface area contributed by atoms with Crippen molar-refractivity contribution in [2.45, 2.75) is 45.8 Å². The minimum absolute atomic E-state index is 0.000227. The van der Waals surface area contributed by atoms with Gasteiger partial charge in [-0.05, 0) is 69.2 Å². The molecule has 1 unspecified atom stereocenters. The van der Waals surface area contributed by atoms with Crippen molar-refractivity contribution in [3.63, 3.8) is 0 Å². The Morgan fingerprint density at radius 2 is 1.73 bits per heavy atom. The number of Topliss-reactive ketones (excluding diaryl/α,β-unsaturated/α-hetero) is 1. The second-order valence-corrected chi connectivity index (χ2v) is 8.59. The van der Waals surface area contributed by atoms with Gasteiger partial charge in [0.1, 0.15) is 17.2 Å². The van der Waals surface area contributed by atoms with Crippen LogP contribution in [-0.2, 0) is 4.74 Å². The first kappa shape index (κ1) is 25.6. The molecule has 174 valence electrons. The molecule has 0 aromatic heterocycles. The maximum Gasteiger partial charge on any atom is 0.416 e. The zero-order chi connectivity index (χ0) is 24.6. The third-order valence-electron chi connectivity index (χ3n) is 4.73. The van der Waals surface area contributed by atoms with Gasteiger partial charge in [0.2, 0.25) is 0 Å². The molecule has 0 aliphatic carbocycles. The zero-order valence-corrected chi connectivity index (χ0v) is 19.5. The average molecular weight is 451 g/mol. The first-order chi connectivity index (χ1) is 15.5. The van der Waals surface area contributed by atoms with Crippen molar-refractivity contribution in [2.24, 2.45) is 5.73 Å². The van der Waals surface area contributed by atoms with Crippen LogP contribution in [0.5, 0.6) is 0 Å². The maximum atomic E-state index is 13.2. The van der Waals surface area contributed by atoms with Crippen LogP contribution in [0.3, 0.4) is 0 Å². The van der Waals surface area contributed by atoms with Gasteiger partial charge in [-0.25, -0.2) is 9.18 Å². The summed E-state index contributed by atoms with van der Waals surface area (Å²) in [6.07, 6.45) is 4.15. The van der Waals surface area contributed by atoms with Crippen LogP contribution >= 0.6 is 0 Å². The first-order valence-electron chi connectivity index (χ1n) is 10.7. The molecule has 0 saturated carbocycles. The van der Waals surface area contributed by atoms with Crippen LogP contribution in [0.15, 0.2) is 90.8 Å². The maximum absolute atomic E-state index is 13.2. The highest BCUT2D eigenvalue weighted by molar-refractivity contribution is 5.97. The molecule has 0 spiro atoms. The van der Waals surface area contributed by atoms with Crippen LogP contribution in [0.25, 0.3) is 0 Å². The molecule has 2 aromatic rings. The second-order valence-electron chi connectivity index (χ2n) is 8.59. The molecule has 5 nitrogen and oxygen atoms in total. The van der Waals surface area contributed by atoms with E-state index >= 15 is 0 Å². The van der Waals surface area contributed by atoms with E-state index in [-0.39, 0.29) is 18.0 Å². The number of amides is 1. The van der Waals surface area contributed by atoms with Crippen molar-refractivity contribution in [2.75, 3.05) is 0 Å². The van der Waals surface area contributed by atoms with Crippen molar-refractivity contribution in [3.8, 4) is 0 Å². The SMILES string of the molecule is C=C/C=C(\C=C(/N)N(C(=O)OC(C)(C)C)C(C)c1ccccc1)CC(=O)c1ccc(F)cc1. The molecule has 33 heavy (non-hydrogen) atoms. The van der Waals surface area contributed by atoms with E-state index in [9.17, 15) is 14.0 Å². The molecule has 2 N–H and O–H groups in total. The number of halogens is 1. The standard InChI is InChI=1S/C27H31FN2O3/c1-6-10-20(17-24(31)22-13-15-23(28)16-14-22)18-25(29)30(26(32)33-27(3,4)5)19(2)21-11-8-7-9-12-21/h6-16,18-19H,1,17,29H2,2-5H3/b20-10-,25-18+. The Kier molecular flexibility index (Phi) is 8.74. The van der Waals surface area contributed by atoms with Crippen LogP contribution in [0, 0.1) is 5.82 Å². The van der Waals surface area contributed by atoms with E-state index in [1.807, 2.05) is 37.3 Å². The van der Waals surface area contributed by atoms with Crippen LogP contribution in [0.1, 0.15) is 56.1 Å². The Balaban J connectivity index is 2.38. The number of rotatable bonds is 8. The molecule has 0 radical (unpaired) electrons. The van der Waals surface area contributed by atoms with Crippen LogP contribution in [-0.4, -0.2) is 22.4 Å². The fourth-order valence-corrected chi connectivity index (χ4v) is 3.17. The molecule has 2 aromatic carbocycles. The molecular weight excluding hydrogens is 419 g/mol. The largest absolute Gasteiger partial charge is 0.443 e. The van der Waals surface area contributed by atoms with E-state index in [1.165, 1.54) is 35.2 Å². The van der Waals surface area contributed by atoms with Gasteiger partial charge in [0, 0.05) is 12.0 Å². The van der Waals surface area contributed by atoms with Crippen molar-refractivity contribution < 1.29 is 18.7 Å².